The Morgan fingerprint density at radius 1 is 0.500 bits per heavy atom. The summed E-state index contributed by atoms with van der Waals surface area (Å²) in [6.45, 7) is 4.00. The van der Waals surface area contributed by atoms with Crippen LogP contribution in [0.25, 0.3) is 69.0 Å². The lowest BCUT2D eigenvalue weighted by molar-refractivity contribution is 1.35. The third-order valence-corrected chi connectivity index (χ3v) is 7.57. The average molecular weight is 402 g/mol. The van der Waals surface area contributed by atoms with Gasteiger partial charge in [-0.2, -0.15) is 0 Å². The molecule has 0 unspecified atom stereocenters. The summed E-state index contributed by atoms with van der Waals surface area (Å²) in [5.41, 5.74) is 4.09. The average Bonchev–Trinajstić information content (AvgIpc) is 2.82. The zero-order chi connectivity index (χ0) is 20.0. The van der Waals surface area contributed by atoms with E-state index in [9.17, 15) is 0 Å². The molecular formula is C28H19NS. The van der Waals surface area contributed by atoms with E-state index < -0.39 is 0 Å². The molecule has 5 aromatic carbocycles. The lowest BCUT2D eigenvalue weighted by atomic mass is 9.94. The van der Waals surface area contributed by atoms with Crippen molar-refractivity contribution in [2.45, 2.75) is 13.8 Å². The summed E-state index contributed by atoms with van der Waals surface area (Å²) in [6, 6.07) is 29.4. The molecular weight excluding hydrogens is 382 g/mol. The highest BCUT2D eigenvalue weighted by molar-refractivity contribution is 7.24. The predicted molar refractivity (Wildman–Crippen MR) is 134 cm³/mol. The van der Waals surface area contributed by atoms with E-state index in [1.165, 1.54) is 69.0 Å². The summed E-state index contributed by atoms with van der Waals surface area (Å²) in [6.07, 6.45) is 0. The quantitative estimate of drug-likeness (QED) is 0.177. The minimum absolute atomic E-state index is 1.32. The zero-order valence-electron chi connectivity index (χ0n) is 16.9. The summed E-state index contributed by atoms with van der Waals surface area (Å²) in [5, 5.41) is 10.8. The van der Waals surface area contributed by atoms with Crippen LogP contribution in [-0.2, 0) is 0 Å². The van der Waals surface area contributed by atoms with Crippen molar-refractivity contribution in [1.29, 1.82) is 0 Å². The van der Waals surface area contributed by atoms with Crippen LogP contribution in [0.5, 0.6) is 0 Å². The molecule has 0 aliphatic heterocycles. The van der Waals surface area contributed by atoms with Gasteiger partial charge in [0.15, 0.2) is 0 Å². The van der Waals surface area contributed by atoms with E-state index in [4.69, 9.17) is 0 Å². The van der Waals surface area contributed by atoms with Gasteiger partial charge in [-0.3, -0.25) is 0 Å². The van der Waals surface area contributed by atoms with E-state index in [1.54, 1.807) is 0 Å². The first-order valence-corrected chi connectivity index (χ1v) is 11.4. The van der Waals surface area contributed by atoms with Gasteiger partial charge in [0.25, 0.3) is 0 Å². The first-order chi connectivity index (χ1) is 14.9. The predicted octanol–water partition coefficient (Wildman–Crippen LogP) is 8.82. The van der Waals surface area contributed by atoms with E-state index in [1.807, 2.05) is 25.2 Å². The van der Waals surface area contributed by atoms with Gasteiger partial charge in [-0.05, 0) is 33.7 Å². The molecule has 0 aliphatic carbocycles. The summed E-state index contributed by atoms with van der Waals surface area (Å²) < 4.78 is 5.27. The van der Waals surface area contributed by atoms with Crippen molar-refractivity contribution in [1.82, 2.24) is 4.40 Å². The van der Waals surface area contributed by atoms with Crippen molar-refractivity contribution in [3.05, 3.63) is 78.9 Å². The highest BCUT2D eigenvalue weighted by atomic mass is 32.1. The van der Waals surface area contributed by atoms with E-state index >= 15 is 0 Å². The van der Waals surface area contributed by atoms with Crippen molar-refractivity contribution >= 4 is 80.4 Å². The monoisotopic (exact) mass is 401 g/mol. The molecule has 0 aliphatic rings. The first kappa shape index (κ1) is 16.4. The molecule has 142 valence electrons. The number of nitrogens with zero attached hydrogens (tertiary/aromatic N) is 1. The highest BCUT2D eigenvalue weighted by Gasteiger charge is 2.21. The second-order valence-electron chi connectivity index (χ2n) is 7.77. The molecule has 0 atom stereocenters. The highest BCUT2D eigenvalue weighted by Crippen LogP contribution is 2.46. The number of aromatic nitrogens is 1. The Balaban J connectivity index is 0.000000789. The number of hydrogen-bond donors (Lipinski definition) is 0. The number of hydrogen-bond acceptors (Lipinski definition) is 1. The number of rotatable bonds is 0. The summed E-state index contributed by atoms with van der Waals surface area (Å²) >= 11 is 1.91. The fourth-order valence-electron chi connectivity index (χ4n) is 5.41. The van der Waals surface area contributed by atoms with E-state index in [-0.39, 0.29) is 0 Å². The molecule has 8 aromatic rings. The van der Waals surface area contributed by atoms with Gasteiger partial charge in [0.2, 0.25) is 0 Å². The number of para-hydroxylation sites is 1. The topological polar surface area (TPSA) is 4.41 Å². The maximum absolute atomic E-state index is 2.57. The van der Waals surface area contributed by atoms with E-state index in [2.05, 4.69) is 83.3 Å². The van der Waals surface area contributed by atoms with Crippen LogP contribution in [0.15, 0.2) is 78.9 Å². The van der Waals surface area contributed by atoms with Crippen molar-refractivity contribution in [3.63, 3.8) is 0 Å². The first-order valence-electron chi connectivity index (χ1n) is 10.6. The second-order valence-corrected chi connectivity index (χ2v) is 8.85. The van der Waals surface area contributed by atoms with Gasteiger partial charge in [-0.1, -0.05) is 80.6 Å². The largest absolute Gasteiger partial charge is 0.305 e. The third kappa shape index (κ3) is 1.75. The number of fused-ring (bicyclic) bond motifs is 2. The summed E-state index contributed by atoms with van der Waals surface area (Å²) in [4.78, 5) is 0. The lowest BCUT2D eigenvalue weighted by Gasteiger charge is -2.22. The van der Waals surface area contributed by atoms with Crippen molar-refractivity contribution < 1.29 is 0 Å². The Hall–Kier alpha value is -3.36. The Bertz CT molecular complexity index is 1740. The molecule has 30 heavy (non-hydrogen) atoms. The molecule has 3 aromatic heterocycles. The van der Waals surface area contributed by atoms with Crippen LogP contribution in [0.3, 0.4) is 0 Å². The van der Waals surface area contributed by atoms with Gasteiger partial charge in [0, 0.05) is 21.5 Å². The standard InChI is InChI=1S/C26H13NS.C2H6/c1-4-14-10-12-20-25-22(14)16(6-1)18-8-3-9-19-17-7-2-5-15-11-13-21(28-20)26(23(15)17)27(25)24(18)19;1-2/h1-13H;1-2H3. The van der Waals surface area contributed by atoms with Crippen LogP contribution < -0.4 is 0 Å². The van der Waals surface area contributed by atoms with Crippen molar-refractivity contribution in [2.24, 2.45) is 0 Å². The van der Waals surface area contributed by atoms with Crippen LogP contribution in [0.4, 0.5) is 0 Å². The zero-order valence-corrected chi connectivity index (χ0v) is 17.7. The van der Waals surface area contributed by atoms with Gasteiger partial charge >= 0.3 is 0 Å². The Morgan fingerprint density at radius 3 is 1.50 bits per heavy atom. The fraction of sp³-hybridized carbons (Fsp3) is 0.0714. The molecule has 0 fully saturated rings. The summed E-state index contributed by atoms with van der Waals surface area (Å²) in [5.74, 6) is 0. The fourth-order valence-corrected chi connectivity index (χ4v) is 6.50. The van der Waals surface area contributed by atoms with Crippen LogP contribution in [0.2, 0.25) is 0 Å². The molecule has 0 saturated carbocycles. The molecule has 0 radical (unpaired) electrons. The Morgan fingerprint density at radius 2 is 0.967 bits per heavy atom. The van der Waals surface area contributed by atoms with Gasteiger partial charge < -0.3 is 4.40 Å². The maximum atomic E-state index is 2.57. The molecule has 3 heterocycles. The van der Waals surface area contributed by atoms with Crippen LogP contribution in [0, 0.1) is 0 Å². The molecule has 1 nitrogen and oxygen atoms in total. The van der Waals surface area contributed by atoms with Gasteiger partial charge in [-0.25, -0.2) is 0 Å². The smallest absolute Gasteiger partial charge is 0.0720 e. The Labute approximate surface area is 177 Å². The second kappa shape index (κ2) is 5.62. The molecule has 0 saturated heterocycles. The van der Waals surface area contributed by atoms with Crippen LogP contribution in [-0.4, -0.2) is 4.40 Å². The van der Waals surface area contributed by atoms with E-state index in [0.717, 1.165) is 0 Å². The molecule has 0 amide bonds. The lowest BCUT2D eigenvalue weighted by Crippen LogP contribution is -2.01. The molecule has 2 heteroatoms. The Kier molecular flexibility index (Phi) is 3.08. The normalized spacial score (nSPS) is 12.3. The van der Waals surface area contributed by atoms with Crippen LogP contribution in [0.1, 0.15) is 13.8 Å². The SMILES string of the molecule is CC.c1cc2ccc3sc4ccc5cccc6c7cccc8c(c1)c2c3n(c87)c4c56. The number of benzene rings is 5. The minimum atomic E-state index is 1.32. The van der Waals surface area contributed by atoms with Crippen molar-refractivity contribution in [3.8, 4) is 0 Å². The van der Waals surface area contributed by atoms with Crippen molar-refractivity contribution in [2.75, 3.05) is 0 Å². The van der Waals surface area contributed by atoms with Gasteiger partial charge in [0.1, 0.15) is 0 Å². The molecule has 0 bridgehead atoms. The molecule has 8 rings (SSSR count). The van der Waals surface area contributed by atoms with E-state index in [0.29, 0.717) is 0 Å². The van der Waals surface area contributed by atoms with Gasteiger partial charge in [0.05, 0.1) is 25.9 Å². The van der Waals surface area contributed by atoms with Gasteiger partial charge in [-0.15, -0.1) is 11.3 Å². The molecule has 0 N–H and O–H groups in total. The van der Waals surface area contributed by atoms with Crippen LogP contribution >= 0.6 is 11.3 Å². The molecule has 0 spiro atoms. The third-order valence-electron chi connectivity index (χ3n) is 6.47. The maximum Gasteiger partial charge on any atom is 0.0720 e. The minimum Gasteiger partial charge on any atom is -0.305 e. The summed E-state index contributed by atoms with van der Waals surface area (Å²) in [7, 11) is 0. The number of pyridine rings is 2.